The largest absolute Gasteiger partial charge is 0.481 e. The molecule has 4 N–H and O–H groups in total. The van der Waals surface area contributed by atoms with E-state index in [9.17, 15) is 14.7 Å². The summed E-state index contributed by atoms with van der Waals surface area (Å²) in [6, 6.07) is 15.8. The number of rotatable bonds is 11. The SMILES string of the molecule is Cc1ccccc1CCC(CNC(=O)OC(C)(C)C)N[C@@H](CC(=O)O)Cc1c[nH]c2ccccc12. The van der Waals surface area contributed by atoms with Crippen LogP contribution in [0, 0.1) is 6.92 Å². The highest BCUT2D eigenvalue weighted by atomic mass is 16.6. The fraction of sp³-hybridized carbons (Fsp3) is 0.429. The Morgan fingerprint density at radius 1 is 1.03 bits per heavy atom. The maximum Gasteiger partial charge on any atom is 0.407 e. The number of carbonyl (C=O) groups excluding carboxylic acids is 1. The fourth-order valence-corrected chi connectivity index (χ4v) is 4.29. The number of aromatic nitrogens is 1. The quantitative estimate of drug-likeness (QED) is 0.311. The number of nitrogens with one attached hydrogen (secondary N) is 3. The van der Waals surface area contributed by atoms with Crippen LogP contribution in [-0.4, -0.2) is 46.4 Å². The third-order valence-corrected chi connectivity index (χ3v) is 5.95. The topological polar surface area (TPSA) is 103 Å². The van der Waals surface area contributed by atoms with Gasteiger partial charge in [-0.05, 0) is 69.7 Å². The van der Waals surface area contributed by atoms with E-state index in [4.69, 9.17) is 4.74 Å². The molecule has 1 unspecified atom stereocenters. The predicted octanol–water partition coefficient (Wildman–Crippen LogP) is 4.98. The Bertz CT molecular complexity index is 1130. The summed E-state index contributed by atoms with van der Waals surface area (Å²) in [6.45, 7) is 7.89. The van der Waals surface area contributed by atoms with Crippen LogP contribution in [-0.2, 0) is 22.4 Å². The molecule has 7 heteroatoms. The minimum Gasteiger partial charge on any atom is -0.481 e. The van der Waals surface area contributed by atoms with E-state index in [2.05, 4.69) is 34.7 Å². The molecule has 3 rings (SSSR count). The van der Waals surface area contributed by atoms with Gasteiger partial charge in [0.25, 0.3) is 0 Å². The first-order valence-electron chi connectivity index (χ1n) is 12.1. The number of hydrogen-bond donors (Lipinski definition) is 4. The second-order valence-electron chi connectivity index (χ2n) is 10.1. The Hall–Kier alpha value is -3.32. The van der Waals surface area contributed by atoms with E-state index in [0.717, 1.165) is 29.3 Å². The maximum atomic E-state index is 12.3. The molecule has 2 aromatic carbocycles. The van der Waals surface area contributed by atoms with Gasteiger partial charge in [-0.15, -0.1) is 0 Å². The summed E-state index contributed by atoms with van der Waals surface area (Å²) < 4.78 is 5.40. The third kappa shape index (κ3) is 8.44. The Kier molecular flexibility index (Phi) is 8.93. The molecule has 3 aromatic rings. The maximum absolute atomic E-state index is 12.3. The van der Waals surface area contributed by atoms with Crippen LogP contribution in [0.4, 0.5) is 4.79 Å². The molecule has 0 aliphatic heterocycles. The number of aromatic amines is 1. The zero-order chi connectivity index (χ0) is 25.4. The molecule has 0 fully saturated rings. The van der Waals surface area contributed by atoms with E-state index in [1.807, 2.05) is 63.4 Å². The summed E-state index contributed by atoms with van der Waals surface area (Å²) in [7, 11) is 0. The molecule has 1 heterocycles. The molecule has 0 radical (unpaired) electrons. The van der Waals surface area contributed by atoms with Gasteiger partial charge in [0.2, 0.25) is 0 Å². The zero-order valence-corrected chi connectivity index (χ0v) is 21.1. The van der Waals surface area contributed by atoms with Crippen LogP contribution >= 0.6 is 0 Å². The van der Waals surface area contributed by atoms with Crippen molar-refractivity contribution >= 4 is 23.0 Å². The molecule has 0 saturated heterocycles. The molecule has 0 saturated carbocycles. The molecular weight excluding hydrogens is 442 g/mol. The summed E-state index contributed by atoms with van der Waals surface area (Å²) in [4.78, 5) is 27.3. The number of carboxylic acid groups (broad SMARTS) is 1. The van der Waals surface area contributed by atoms with Crippen LogP contribution in [0.15, 0.2) is 54.7 Å². The molecule has 0 spiro atoms. The number of alkyl carbamates (subject to hydrolysis) is 1. The standard InChI is InChI=1S/C28H37N3O4/c1-19-9-5-6-10-20(19)13-14-22(18-30-27(34)35-28(2,3)4)31-23(16-26(32)33)15-21-17-29-25-12-8-7-11-24(21)25/h5-12,17,22-23,29,31H,13-16,18H2,1-4H3,(H,30,34)(H,32,33)/t22?,23-/m1/s1. The number of ether oxygens (including phenoxy) is 1. The lowest BCUT2D eigenvalue weighted by Gasteiger charge is -2.27. The lowest BCUT2D eigenvalue weighted by molar-refractivity contribution is -0.137. The number of benzene rings is 2. The minimum absolute atomic E-state index is 0.0210. The van der Waals surface area contributed by atoms with Crippen molar-refractivity contribution in [3.05, 3.63) is 71.4 Å². The Morgan fingerprint density at radius 2 is 1.74 bits per heavy atom. The van der Waals surface area contributed by atoms with Gasteiger partial charge in [-0.1, -0.05) is 42.5 Å². The molecule has 35 heavy (non-hydrogen) atoms. The lowest BCUT2D eigenvalue weighted by Crippen LogP contribution is -2.48. The van der Waals surface area contributed by atoms with Crippen LogP contribution in [0.5, 0.6) is 0 Å². The van der Waals surface area contributed by atoms with Gasteiger partial charge in [0, 0.05) is 35.7 Å². The Morgan fingerprint density at radius 3 is 2.46 bits per heavy atom. The van der Waals surface area contributed by atoms with Gasteiger partial charge in [-0.2, -0.15) is 0 Å². The summed E-state index contributed by atoms with van der Waals surface area (Å²) in [5.74, 6) is -0.861. The van der Waals surface area contributed by atoms with Crippen molar-refractivity contribution in [2.75, 3.05) is 6.54 Å². The van der Waals surface area contributed by atoms with Gasteiger partial charge in [0.1, 0.15) is 5.60 Å². The van der Waals surface area contributed by atoms with E-state index < -0.39 is 17.7 Å². The van der Waals surface area contributed by atoms with E-state index >= 15 is 0 Å². The summed E-state index contributed by atoms with van der Waals surface area (Å²) >= 11 is 0. The zero-order valence-electron chi connectivity index (χ0n) is 21.1. The molecule has 7 nitrogen and oxygen atoms in total. The Labute approximate surface area is 207 Å². The van der Waals surface area contributed by atoms with Crippen LogP contribution in [0.1, 0.15) is 50.3 Å². The normalized spacial score (nSPS) is 13.4. The molecule has 1 aromatic heterocycles. The number of fused-ring (bicyclic) bond motifs is 1. The molecule has 2 atom stereocenters. The number of amides is 1. The molecule has 188 valence electrons. The Balaban J connectivity index is 1.74. The second-order valence-corrected chi connectivity index (χ2v) is 10.1. The van der Waals surface area contributed by atoms with E-state index in [1.54, 1.807) is 0 Å². The highest BCUT2D eigenvalue weighted by molar-refractivity contribution is 5.83. The van der Waals surface area contributed by atoms with E-state index in [-0.39, 0.29) is 18.5 Å². The van der Waals surface area contributed by atoms with E-state index in [0.29, 0.717) is 13.0 Å². The fourth-order valence-electron chi connectivity index (χ4n) is 4.29. The summed E-state index contributed by atoms with van der Waals surface area (Å²) in [5.41, 5.74) is 3.96. The van der Waals surface area contributed by atoms with Crippen LogP contribution in [0.3, 0.4) is 0 Å². The highest BCUT2D eigenvalue weighted by Crippen LogP contribution is 2.20. The predicted molar refractivity (Wildman–Crippen MR) is 139 cm³/mol. The minimum atomic E-state index is -0.861. The van der Waals surface area contributed by atoms with Crippen molar-refractivity contribution in [3.63, 3.8) is 0 Å². The number of hydrogen-bond acceptors (Lipinski definition) is 4. The average Bonchev–Trinajstić information content (AvgIpc) is 3.18. The van der Waals surface area contributed by atoms with Gasteiger partial charge >= 0.3 is 12.1 Å². The first kappa shape index (κ1) is 26.3. The van der Waals surface area contributed by atoms with Crippen LogP contribution in [0.2, 0.25) is 0 Å². The summed E-state index contributed by atoms with van der Waals surface area (Å²) in [6.07, 6.45) is 3.56. The number of carbonyl (C=O) groups is 2. The van der Waals surface area contributed by atoms with Crippen molar-refractivity contribution in [1.29, 1.82) is 0 Å². The van der Waals surface area contributed by atoms with Gasteiger partial charge in [-0.3, -0.25) is 4.79 Å². The van der Waals surface area contributed by atoms with Gasteiger partial charge < -0.3 is 25.5 Å². The average molecular weight is 480 g/mol. The first-order valence-corrected chi connectivity index (χ1v) is 12.1. The van der Waals surface area contributed by atoms with Gasteiger partial charge in [-0.25, -0.2) is 4.79 Å². The van der Waals surface area contributed by atoms with Crippen molar-refractivity contribution in [2.45, 2.75) is 71.1 Å². The number of H-pyrrole nitrogens is 1. The number of para-hydroxylation sites is 1. The monoisotopic (exact) mass is 479 g/mol. The van der Waals surface area contributed by atoms with Crippen molar-refractivity contribution in [1.82, 2.24) is 15.6 Å². The molecule has 1 amide bonds. The highest BCUT2D eigenvalue weighted by Gasteiger charge is 2.22. The first-order chi connectivity index (χ1) is 16.6. The van der Waals surface area contributed by atoms with Crippen LogP contribution in [0.25, 0.3) is 10.9 Å². The van der Waals surface area contributed by atoms with Crippen molar-refractivity contribution < 1.29 is 19.4 Å². The molecule has 0 bridgehead atoms. The summed E-state index contributed by atoms with van der Waals surface area (Å²) in [5, 5.41) is 17.1. The molecule has 0 aliphatic carbocycles. The van der Waals surface area contributed by atoms with Gasteiger partial charge in [0.15, 0.2) is 0 Å². The smallest absolute Gasteiger partial charge is 0.407 e. The van der Waals surface area contributed by atoms with Crippen LogP contribution < -0.4 is 10.6 Å². The number of carboxylic acids is 1. The molecule has 0 aliphatic rings. The third-order valence-electron chi connectivity index (χ3n) is 5.95. The van der Waals surface area contributed by atoms with E-state index in [1.165, 1.54) is 11.1 Å². The van der Waals surface area contributed by atoms with Gasteiger partial charge in [0.05, 0.1) is 6.42 Å². The van der Waals surface area contributed by atoms with Crippen molar-refractivity contribution in [3.8, 4) is 0 Å². The lowest BCUT2D eigenvalue weighted by atomic mass is 9.98. The second kappa shape index (κ2) is 11.9. The number of aryl methyl sites for hydroxylation is 2. The number of aliphatic carboxylic acids is 1. The molecular formula is C28H37N3O4. The van der Waals surface area contributed by atoms with Crippen molar-refractivity contribution in [2.24, 2.45) is 0 Å².